The summed E-state index contributed by atoms with van der Waals surface area (Å²) in [6.07, 6.45) is -4.79. The van der Waals surface area contributed by atoms with Crippen molar-refractivity contribution in [1.82, 2.24) is 0 Å². The van der Waals surface area contributed by atoms with Gasteiger partial charge in [-0.2, -0.15) is 13.2 Å². The van der Waals surface area contributed by atoms with Gasteiger partial charge in [0, 0.05) is 15.8 Å². The van der Waals surface area contributed by atoms with Gasteiger partial charge in [-0.25, -0.2) is 4.39 Å². The van der Waals surface area contributed by atoms with E-state index in [-0.39, 0.29) is 11.8 Å². The fraction of sp³-hybridized carbons (Fsp3) is 0.462. The Labute approximate surface area is 219 Å². The smallest absolute Gasteiger partial charge is 0.416 e. The molecule has 2 N–H and O–H groups in total. The molecule has 2 aromatic rings. The molecule has 11 heteroatoms. The Morgan fingerprint density at radius 2 is 1.84 bits per heavy atom. The predicted octanol–water partition coefficient (Wildman–Crippen LogP) is 5.86. The molecule has 1 saturated heterocycles. The Bertz CT molecular complexity index is 1150. The molecule has 1 amide bonds. The molecule has 6 nitrogen and oxygen atoms in total. The lowest BCUT2D eigenvalue weighted by Crippen LogP contribution is -2.48. The van der Waals surface area contributed by atoms with Crippen molar-refractivity contribution in [2.24, 2.45) is 17.3 Å². The number of rotatable bonds is 7. The highest BCUT2D eigenvalue weighted by atomic mass is 79.9. The first-order chi connectivity index (χ1) is 17.4. The van der Waals surface area contributed by atoms with Crippen molar-refractivity contribution in [2.45, 2.75) is 38.0 Å². The number of anilines is 1. The minimum atomic E-state index is -4.74. The van der Waals surface area contributed by atoms with E-state index in [1.54, 1.807) is 24.3 Å². The standard InChI is InChI=1S/C26H26BrF4NO5/c1-25(11-36-12-25)13-37-17-9-18(14-2-5-16(27)6-3-14)22(24(34)35)19(10-17)23(33)32-21-7-4-15(8-20(21)28)26(29,30)31/h2-8,17-19,22H,9-13H2,1H3,(H,32,33)(H,34,35). The number of amides is 1. The van der Waals surface area contributed by atoms with E-state index < -0.39 is 59.0 Å². The molecule has 1 aliphatic carbocycles. The average Bonchev–Trinajstić information content (AvgIpc) is 2.81. The summed E-state index contributed by atoms with van der Waals surface area (Å²) in [5.41, 5.74) is -1.11. The van der Waals surface area contributed by atoms with Crippen LogP contribution in [-0.4, -0.2) is 42.9 Å². The summed E-state index contributed by atoms with van der Waals surface area (Å²) in [5.74, 6) is -6.10. The van der Waals surface area contributed by atoms with E-state index in [4.69, 9.17) is 9.47 Å². The number of halogens is 5. The van der Waals surface area contributed by atoms with Gasteiger partial charge in [-0.15, -0.1) is 0 Å². The van der Waals surface area contributed by atoms with Crippen LogP contribution in [-0.2, 0) is 25.2 Å². The largest absolute Gasteiger partial charge is 0.481 e. The van der Waals surface area contributed by atoms with E-state index in [2.05, 4.69) is 21.2 Å². The van der Waals surface area contributed by atoms with Crippen molar-refractivity contribution in [2.75, 3.05) is 25.1 Å². The number of hydrogen-bond donors (Lipinski definition) is 2. The molecule has 4 rings (SSSR count). The third-order valence-electron chi connectivity index (χ3n) is 6.94. The number of carbonyl (C=O) groups is 2. The third-order valence-corrected chi connectivity index (χ3v) is 7.47. The average molecular weight is 588 g/mol. The molecule has 200 valence electrons. The molecule has 0 aromatic heterocycles. The van der Waals surface area contributed by atoms with Crippen LogP contribution >= 0.6 is 15.9 Å². The highest BCUT2D eigenvalue weighted by Crippen LogP contribution is 2.44. The number of hydrogen-bond acceptors (Lipinski definition) is 4. The summed E-state index contributed by atoms with van der Waals surface area (Å²) in [5, 5.41) is 12.4. The molecular formula is C26H26BrF4NO5. The zero-order chi connectivity index (χ0) is 27.0. The topological polar surface area (TPSA) is 84.9 Å². The second-order valence-corrected chi connectivity index (χ2v) is 10.9. The summed E-state index contributed by atoms with van der Waals surface area (Å²) in [7, 11) is 0. The molecule has 2 aliphatic rings. The molecular weight excluding hydrogens is 562 g/mol. The van der Waals surface area contributed by atoms with Crippen LogP contribution in [0, 0.1) is 23.1 Å². The Morgan fingerprint density at radius 1 is 1.16 bits per heavy atom. The van der Waals surface area contributed by atoms with E-state index >= 15 is 0 Å². The van der Waals surface area contributed by atoms with E-state index in [0.29, 0.717) is 43.9 Å². The van der Waals surface area contributed by atoms with Crippen LogP contribution in [0.3, 0.4) is 0 Å². The van der Waals surface area contributed by atoms with Crippen molar-refractivity contribution in [1.29, 1.82) is 0 Å². The number of benzene rings is 2. The van der Waals surface area contributed by atoms with Gasteiger partial charge in [-0.05, 0) is 48.7 Å². The Morgan fingerprint density at radius 3 is 2.38 bits per heavy atom. The summed E-state index contributed by atoms with van der Waals surface area (Å²) in [6, 6.07) is 8.88. The van der Waals surface area contributed by atoms with Crippen LogP contribution in [0.1, 0.15) is 36.8 Å². The minimum absolute atomic E-state index is 0.0645. The fourth-order valence-corrected chi connectivity index (χ4v) is 5.18. The Hall–Kier alpha value is -2.50. The summed E-state index contributed by atoms with van der Waals surface area (Å²) in [4.78, 5) is 25.7. The van der Waals surface area contributed by atoms with Crippen LogP contribution in [0.5, 0.6) is 0 Å². The van der Waals surface area contributed by atoms with E-state index in [1.165, 1.54) is 0 Å². The number of ether oxygens (including phenoxy) is 2. The van der Waals surface area contributed by atoms with Crippen molar-refractivity contribution in [3.8, 4) is 0 Å². The number of carboxylic acids is 1. The third kappa shape index (κ3) is 6.32. The van der Waals surface area contributed by atoms with Gasteiger partial charge in [0.1, 0.15) is 5.82 Å². The first-order valence-electron chi connectivity index (χ1n) is 11.7. The number of alkyl halides is 3. The van der Waals surface area contributed by atoms with E-state index in [9.17, 15) is 32.3 Å². The highest BCUT2D eigenvalue weighted by molar-refractivity contribution is 9.10. The number of carboxylic acid groups (broad SMARTS) is 1. The van der Waals surface area contributed by atoms with Crippen LogP contribution < -0.4 is 5.32 Å². The molecule has 1 heterocycles. The summed E-state index contributed by atoms with van der Waals surface area (Å²) in [6.45, 7) is 3.43. The number of nitrogens with one attached hydrogen (secondary N) is 1. The highest BCUT2D eigenvalue weighted by Gasteiger charge is 2.47. The maximum absolute atomic E-state index is 14.4. The lowest BCUT2D eigenvalue weighted by Gasteiger charge is -2.42. The van der Waals surface area contributed by atoms with Crippen LogP contribution in [0.4, 0.5) is 23.2 Å². The van der Waals surface area contributed by atoms with Gasteiger partial charge < -0.3 is 19.9 Å². The summed E-state index contributed by atoms with van der Waals surface area (Å²) < 4.78 is 65.4. The molecule has 1 saturated carbocycles. The van der Waals surface area contributed by atoms with Gasteiger partial charge in [0.15, 0.2) is 0 Å². The van der Waals surface area contributed by atoms with Gasteiger partial charge in [-0.3, -0.25) is 9.59 Å². The molecule has 0 radical (unpaired) electrons. The monoisotopic (exact) mass is 587 g/mol. The van der Waals surface area contributed by atoms with Crippen molar-refractivity contribution in [3.63, 3.8) is 0 Å². The zero-order valence-electron chi connectivity index (χ0n) is 19.9. The SMILES string of the molecule is CC1(COC2CC(C(=O)Nc3ccc(C(F)(F)F)cc3F)C(C(=O)O)C(c3ccc(Br)cc3)C2)COC1. The molecule has 0 spiro atoms. The minimum Gasteiger partial charge on any atom is -0.481 e. The lowest BCUT2D eigenvalue weighted by molar-refractivity contribution is -0.164. The van der Waals surface area contributed by atoms with E-state index in [0.717, 1.165) is 10.5 Å². The fourth-order valence-electron chi connectivity index (χ4n) is 4.91. The maximum atomic E-state index is 14.4. The molecule has 2 aromatic carbocycles. The van der Waals surface area contributed by atoms with Crippen LogP contribution in [0.15, 0.2) is 46.9 Å². The molecule has 2 fully saturated rings. The first kappa shape index (κ1) is 27.5. The van der Waals surface area contributed by atoms with Gasteiger partial charge in [0.2, 0.25) is 5.91 Å². The van der Waals surface area contributed by atoms with Crippen molar-refractivity contribution in [3.05, 3.63) is 63.9 Å². The second kappa shape index (κ2) is 10.7. The van der Waals surface area contributed by atoms with E-state index in [1.807, 2.05) is 6.92 Å². The Kier molecular flexibility index (Phi) is 7.96. The second-order valence-electron chi connectivity index (χ2n) is 10.0. The zero-order valence-corrected chi connectivity index (χ0v) is 21.4. The maximum Gasteiger partial charge on any atom is 0.416 e. The number of aliphatic carboxylic acids is 1. The van der Waals surface area contributed by atoms with Gasteiger partial charge in [-0.1, -0.05) is 35.0 Å². The molecule has 37 heavy (non-hydrogen) atoms. The lowest BCUT2D eigenvalue weighted by atomic mass is 9.67. The first-order valence-corrected chi connectivity index (χ1v) is 12.5. The predicted molar refractivity (Wildman–Crippen MR) is 129 cm³/mol. The van der Waals surface area contributed by atoms with Gasteiger partial charge >= 0.3 is 12.1 Å². The molecule has 4 atom stereocenters. The van der Waals surface area contributed by atoms with Gasteiger partial charge in [0.25, 0.3) is 0 Å². The summed E-state index contributed by atoms with van der Waals surface area (Å²) >= 11 is 3.36. The van der Waals surface area contributed by atoms with Crippen molar-refractivity contribution >= 4 is 33.5 Å². The molecule has 4 unspecified atom stereocenters. The van der Waals surface area contributed by atoms with Gasteiger partial charge in [0.05, 0.1) is 49.0 Å². The normalized spacial score (nSPS) is 25.2. The van der Waals surface area contributed by atoms with Crippen LogP contribution in [0.25, 0.3) is 0 Å². The quantitative estimate of drug-likeness (QED) is 0.396. The Balaban J connectivity index is 1.61. The number of carbonyl (C=O) groups excluding carboxylic acids is 1. The molecule has 1 aliphatic heterocycles. The van der Waals surface area contributed by atoms with Crippen LogP contribution in [0.2, 0.25) is 0 Å². The molecule has 0 bridgehead atoms. The van der Waals surface area contributed by atoms with Crippen molar-refractivity contribution < 1.29 is 41.7 Å².